The van der Waals surface area contributed by atoms with Crippen LogP contribution in [0.15, 0.2) is 54.6 Å². The number of ether oxygens (including phenoxy) is 1. The fourth-order valence-corrected chi connectivity index (χ4v) is 5.98. The molecule has 3 rings (SSSR count). The van der Waals surface area contributed by atoms with Crippen molar-refractivity contribution in [2.45, 2.75) is 39.3 Å². The van der Waals surface area contributed by atoms with Crippen molar-refractivity contribution in [2.75, 3.05) is 19.8 Å². The second kappa shape index (κ2) is 8.80. The fourth-order valence-electron chi connectivity index (χ4n) is 3.78. The van der Waals surface area contributed by atoms with Crippen molar-refractivity contribution in [1.29, 1.82) is 0 Å². The van der Waals surface area contributed by atoms with E-state index in [0.717, 1.165) is 11.1 Å². The Kier molecular flexibility index (Phi) is 6.59. The quantitative estimate of drug-likeness (QED) is 0.325. The Morgan fingerprint density at radius 1 is 0.966 bits per heavy atom. The number of esters is 1. The number of aryl methyl sites for hydroxylation is 1. The van der Waals surface area contributed by atoms with Gasteiger partial charge in [0.2, 0.25) is 0 Å². The Bertz CT molecular complexity index is 876. The first-order valence-corrected chi connectivity index (χ1v) is 11.4. The van der Waals surface area contributed by atoms with Gasteiger partial charge in [-0.1, -0.05) is 60.2 Å². The molecule has 1 saturated heterocycles. The third-order valence-corrected chi connectivity index (χ3v) is 7.22. The normalized spacial score (nSPS) is 23.6. The first-order chi connectivity index (χ1) is 14.0. The number of hydrogen-bond donors (Lipinski definition) is 0. The van der Waals surface area contributed by atoms with E-state index in [2.05, 4.69) is 0 Å². The van der Waals surface area contributed by atoms with Gasteiger partial charge in [0.15, 0.2) is 5.54 Å². The predicted octanol–water partition coefficient (Wildman–Crippen LogP) is 4.99. The fraction of sp³-hybridized carbons (Fsp3) is 0.409. The van der Waals surface area contributed by atoms with Gasteiger partial charge in [-0.2, -0.15) is 4.67 Å². The number of nitrogens with zero attached hydrogens (tertiary/aromatic N) is 1. The Balaban J connectivity index is 2.21. The first kappa shape index (κ1) is 21.7. The summed E-state index contributed by atoms with van der Waals surface area (Å²) in [7, 11) is -3.75. The molecule has 2 aromatic rings. The molecule has 1 aliphatic heterocycles. The van der Waals surface area contributed by atoms with Gasteiger partial charge in [0, 0.05) is 0 Å². The lowest BCUT2D eigenvalue weighted by Crippen LogP contribution is -2.29. The topological polar surface area (TPSA) is 64.8 Å². The summed E-state index contributed by atoms with van der Waals surface area (Å²) in [6.45, 7) is 7.87. The average Bonchev–Trinajstić information content (AvgIpc) is 3.42. The van der Waals surface area contributed by atoms with Crippen LogP contribution in [0.2, 0.25) is 0 Å². The zero-order chi connectivity index (χ0) is 21.1. The molecule has 1 unspecified atom stereocenters. The lowest BCUT2D eigenvalue weighted by atomic mass is 9.91. The van der Waals surface area contributed by atoms with E-state index in [1.54, 1.807) is 25.4 Å². The molecule has 0 aromatic heterocycles. The summed E-state index contributed by atoms with van der Waals surface area (Å²) in [6, 6.07) is 16.6. The molecule has 2 aromatic carbocycles. The van der Waals surface area contributed by atoms with E-state index in [4.69, 9.17) is 13.8 Å². The summed E-state index contributed by atoms with van der Waals surface area (Å²) in [5, 5.41) is 0. The van der Waals surface area contributed by atoms with Gasteiger partial charge in [-0.15, -0.1) is 0 Å². The van der Waals surface area contributed by atoms with Crippen molar-refractivity contribution in [1.82, 2.24) is 4.67 Å². The van der Waals surface area contributed by atoms with Crippen molar-refractivity contribution >= 4 is 13.7 Å². The minimum atomic E-state index is -3.75. The molecule has 3 atom stereocenters. The molecule has 7 heteroatoms. The monoisotopic (exact) mass is 417 g/mol. The number of carbonyl (C=O) groups excluding carboxylic acids is 1. The maximum atomic E-state index is 13.8. The molecule has 29 heavy (non-hydrogen) atoms. The van der Waals surface area contributed by atoms with Crippen LogP contribution in [0.1, 0.15) is 43.5 Å². The Labute approximate surface area is 172 Å². The van der Waals surface area contributed by atoms with E-state index in [1.807, 2.05) is 61.5 Å². The third-order valence-electron chi connectivity index (χ3n) is 4.98. The Hall–Kier alpha value is -1.98. The van der Waals surface area contributed by atoms with E-state index in [-0.39, 0.29) is 19.8 Å². The first-order valence-electron chi connectivity index (χ1n) is 9.93. The number of hydrogen-bond acceptors (Lipinski definition) is 5. The minimum Gasteiger partial charge on any atom is -0.464 e. The lowest BCUT2D eigenvalue weighted by Gasteiger charge is -2.22. The molecular formula is C22H28NO5P. The summed E-state index contributed by atoms with van der Waals surface area (Å²) < 4.78 is 32.1. The minimum absolute atomic E-state index is 0.197. The molecule has 1 fully saturated rings. The predicted molar refractivity (Wildman–Crippen MR) is 111 cm³/mol. The third kappa shape index (κ3) is 3.78. The van der Waals surface area contributed by atoms with Crippen molar-refractivity contribution < 1.29 is 23.1 Å². The molecule has 0 aliphatic carbocycles. The second-order valence-electron chi connectivity index (χ2n) is 6.81. The molecule has 0 N–H and O–H groups in total. The van der Waals surface area contributed by atoms with Crippen LogP contribution in [0.4, 0.5) is 0 Å². The smallest absolute Gasteiger partial charge is 0.410 e. The van der Waals surface area contributed by atoms with Gasteiger partial charge in [0.05, 0.1) is 25.9 Å². The Morgan fingerprint density at radius 3 is 2.07 bits per heavy atom. The van der Waals surface area contributed by atoms with E-state index in [9.17, 15) is 9.36 Å². The Morgan fingerprint density at radius 2 is 1.55 bits per heavy atom. The molecule has 1 aliphatic rings. The highest BCUT2D eigenvalue weighted by Crippen LogP contribution is 2.76. The molecule has 0 saturated carbocycles. The van der Waals surface area contributed by atoms with Crippen LogP contribution in [0, 0.1) is 6.92 Å². The molecule has 0 radical (unpaired) electrons. The van der Waals surface area contributed by atoms with Crippen LogP contribution >= 0.6 is 7.75 Å². The van der Waals surface area contributed by atoms with Crippen molar-refractivity contribution in [3.8, 4) is 0 Å². The van der Waals surface area contributed by atoms with Gasteiger partial charge in [-0.3, -0.25) is 9.05 Å². The zero-order valence-electron chi connectivity index (χ0n) is 17.3. The molecule has 1 heterocycles. The van der Waals surface area contributed by atoms with Gasteiger partial charge >= 0.3 is 13.7 Å². The van der Waals surface area contributed by atoms with Gasteiger partial charge in [0.1, 0.15) is 0 Å². The summed E-state index contributed by atoms with van der Waals surface area (Å²) in [4.78, 5) is 13.3. The SMILES string of the molecule is CCOC(=O)[C@@]1(c2ccccc2)[C@H](c2ccc(C)cc2)N1P(=O)(OCC)OCC. The highest BCUT2D eigenvalue weighted by Gasteiger charge is 2.77. The van der Waals surface area contributed by atoms with Gasteiger partial charge in [-0.05, 0) is 38.8 Å². The zero-order valence-corrected chi connectivity index (χ0v) is 18.2. The second-order valence-corrected chi connectivity index (χ2v) is 8.70. The van der Waals surface area contributed by atoms with Gasteiger partial charge < -0.3 is 4.74 Å². The number of benzene rings is 2. The van der Waals surface area contributed by atoms with Crippen molar-refractivity contribution in [3.63, 3.8) is 0 Å². The van der Waals surface area contributed by atoms with Crippen molar-refractivity contribution in [2.24, 2.45) is 0 Å². The van der Waals surface area contributed by atoms with E-state index in [1.165, 1.54) is 0 Å². The van der Waals surface area contributed by atoms with E-state index >= 15 is 0 Å². The highest BCUT2D eigenvalue weighted by atomic mass is 31.2. The maximum absolute atomic E-state index is 13.8. The number of rotatable bonds is 9. The van der Waals surface area contributed by atoms with E-state index in [0.29, 0.717) is 5.56 Å². The van der Waals surface area contributed by atoms with Crippen LogP contribution in [0.5, 0.6) is 0 Å². The summed E-state index contributed by atoms with van der Waals surface area (Å²) in [5.74, 6) is -0.462. The molecule has 0 bridgehead atoms. The molecule has 156 valence electrons. The van der Waals surface area contributed by atoms with Crippen molar-refractivity contribution in [3.05, 3.63) is 71.3 Å². The van der Waals surface area contributed by atoms with Crippen LogP contribution in [-0.2, 0) is 28.7 Å². The number of carbonyl (C=O) groups is 1. The van der Waals surface area contributed by atoms with E-state index < -0.39 is 25.3 Å². The largest absolute Gasteiger partial charge is 0.464 e. The van der Waals surface area contributed by atoms with Crippen LogP contribution in [0.3, 0.4) is 0 Å². The molecule has 0 spiro atoms. The highest BCUT2D eigenvalue weighted by molar-refractivity contribution is 7.51. The summed E-state index contributed by atoms with van der Waals surface area (Å²) in [5.41, 5.74) is 1.38. The van der Waals surface area contributed by atoms with Crippen LogP contribution in [0.25, 0.3) is 0 Å². The van der Waals surface area contributed by atoms with Gasteiger partial charge in [-0.25, -0.2) is 9.36 Å². The summed E-state index contributed by atoms with van der Waals surface area (Å²) in [6.07, 6.45) is 0. The molecular weight excluding hydrogens is 389 g/mol. The average molecular weight is 417 g/mol. The molecule has 0 amide bonds. The lowest BCUT2D eigenvalue weighted by molar-refractivity contribution is -0.147. The molecule has 6 nitrogen and oxygen atoms in total. The summed E-state index contributed by atoms with van der Waals surface area (Å²) >= 11 is 0. The van der Waals surface area contributed by atoms with Gasteiger partial charge in [0.25, 0.3) is 0 Å². The maximum Gasteiger partial charge on any atom is 0.410 e. The standard InChI is InChI=1S/C22H28NO5P/c1-5-26-21(24)22(19-11-9-8-10-12-19)20(18-15-13-17(4)14-16-18)23(22)29(25,27-6-2)28-7-3/h8-16,20H,5-7H2,1-4H3/t20-,22+,23?/m0/s1. The van der Waals surface area contributed by atoms with Crippen LogP contribution in [-0.4, -0.2) is 30.5 Å². The van der Waals surface area contributed by atoms with Crippen LogP contribution < -0.4 is 0 Å².